The van der Waals surface area contributed by atoms with Crippen LogP contribution in [0, 0.1) is 0 Å². The molecule has 6 heteroatoms. The Balaban J connectivity index is 1.76. The number of carbonyl (C=O) groups is 1. The lowest BCUT2D eigenvalue weighted by Gasteiger charge is -2.11. The van der Waals surface area contributed by atoms with Crippen LogP contribution in [0.4, 0.5) is 0 Å². The first-order valence-electron chi connectivity index (χ1n) is 7.10. The SMILES string of the molecule is O=C(Cc1cccc(Br)c1)N1CCC(c2cc(Cl)ccc2Cl)=N1. The molecule has 1 amide bonds. The average molecular weight is 412 g/mol. The molecule has 2 aromatic carbocycles. The monoisotopic (exact) mass is 410 g/mol. The van der Waals surface area contributed by atoms with E-state index in [-0.39, 0.29) is 5.91 Å². The molecule has 3 rings (SSSR count). The Bertz CT molecular complexity index is 792. The molecule has 0 atom stereocenters. The molecule has 0 fully saturated rings. The van der Waals surface area contributed by atoms with Gasteiger partial charge in [0, 0.05) is 26.5 Å². The molecular weight excluding hydrogens is 399 g/mol. The minimum atomic E-state index is -0.0312. The van der Waals surface area contributed by atoms with Crippen LogP contribution >= 0.6 is 39.1 Å². The second-order valence-corrected chi connectivity index (χ2v) is 7.00. The molecule has 0 aromatic heterocycles. The number of nitrogens with zero attached hydrogens (tertiary/aromatic N) is 2. The third-order valence-corrected chi connectivity index (χ3v) is 4.63. The second-order valence-electron chi connectivity index (χ2n) is 5.24. The Hall–Kier alpha value is -1.36. The number of hydrogen-bond acceptors (Lipinski definition) is 2. The number of halogens is 3. The number of hydrazone groups is 1. The van der Waals surface area contributed by atoms with Crippen LogP contribution in [-0.4, -0.2) is 23.2 Å². The van der Waals surface area contributed by atoms with Crippen LogP contribution in [0.3, 0.4) is 0 Å². The third-order valence-electron chi connectivity index (χ3n) is 3.57. The summed E-state index contributed by atoms with van der Waals surface area (Å²) in [5.41, 5.74) is 2.53. The van der Waals surface area contributed by atoms with E-state index in [0.717, 1.165) is 21.3 Å². The van der Waals surface area contributed by atoms with Gasteiger partial charge in [-0.15, -0.1) is 0 Å². The van der Waals surface area contributed by atoms with Gasteiger partial charge in [0.05, 0.1) is 18.7 Å². The van der Waals surface area contributed by atoms with E-state index in [9.17, 15) is 4.79 Å². The normalized spacial score (nSPS) is 14.0. The first-order chi connectivity index (χ1) is 11.0. The molecule has 0 unspecified atom stereocenters. The van der Waals surface area contributed by atoms with Gasteiger partial charge in [-0.2, -0.15) is 5.10 Å². The Kier molecular flexibility index (Phi) is 5.05. The van der Waals surface area contributed by atoms with Crippen molar-refractivity contribution in [2.75, 3.05) is 6.54 Å². The molecule has 2 aromatic rings. The summed E-state index contributed by atoms with van der Waals surface area (Å²) in [6.07, 6.45) is 0.990. The predicted molar refractivity (Wildman–Crippen MR) is 97.2 cm³/mol. The fourth-order valence-corrected chi connectivity index (χ4v) is 3.30. The highest BCUT2D eigenvalue weighted by Gasteiger charge is 2.23. The van der Waals surface area contributed by atoms with Gasteiger partial charge in [-0.05, 0) is 35.9 Å². The summed E-state index contributed by atoms with van der Waals surface area (Å²) in [5.74, 6) is -0.0312. The number of benzene rings is 2. The van der Waals surface area contributed by atoms with Crippen LogP contribution in [0.25, 0.3) is 0 Å². The van der Waals surface area contributed by atoms with E-state index in [1.165, 1.54) is 5.01 Å². The summed E-state index contributed by atoms with van der Waals surface area (Å²) in [4.78, 5) is 12.4. The van der Waals surface area contributed by atoms with Gasteiger partial charge in [0.2, 0.25) is 5.91 Å². The van der Waals surface area contributed by atoms with Gasteiger partial charge in [-0.1, -0.05) is 51.3 Å². The van der Waals surface area contributed by atoms with E-state index < -0.39 is 0 Å². The summed E-state index contributed by atoms with van der Waals surface area (Å²) >= 11 is 15.6. The molecule has 0 saturated heterocycles. The van der Waals surface area contributed by atoms with E-state index in [1.807, 2.05) is 24.3 Å². The summed E-state index contributed by atoms with van der Waals surface area (Å²) in [6, 6.07) is 13.0. The van der Waals surface area contributed by atoms with Gasteiger partial charge in [0.15, 0.2) is 0 Å². The van der Waals surface area contributed by atoms with Crippen LogP contribution in [0.1, 0.15) is 17.5 Å². The maximum atomic E-state index is 12.4. The summed E-state index contributed by atoms with van der Waals surface area (Å²) in [6.45, 7) is 0.561. The highest BCUT2D eigenvalue weighted by atomic mass is 79.9. The van der Waals surface area contributed by atoms with E-state index in [4.69, 9.17) is 23.2 Å². The lowest BCUT2D eigenvalue weighted by atomic mass is 10.1. The maximum absolute atomic E-state index is 12.4. The minimum Gasteiger partial charge on any atom is -0.273 e. The quantitative estimate of drug-likeness (QED) is 0.704. The van der Waals surface area contributed by atoms with E-state index in [1.54, 1.807) is 18.2 Å². The molecule has 0 aliphatic carbocycles. The molecule has 118 valence electrons. The topological polar surface area (TPSA) is 32.7 Å². The van der Waals surface area contributed by atoms with Crippen LogP contribution < -0.4 is 0 Å². The highest BCUT2D eigenvalue weighted by molar-refractivity contribution is 9.10. The van der Waals surface area contributed by atoms with Gasteiger partial charge in [0.1, 0.15) is 0 Å². The maximum Gasteiger partial charge on any atom is 0.247 e. The lowest BCUT2D eigenvalue weighted by Crippen LogP contribution is -2.25. The van der Waals surface area contributed by atoms with Crippen molar-refractivity contribution in [1.82, 2.24) is 5.01 Å². The first-order valence-corrected chi connectivity index (χ1v) is 8.65. The minimum absolute atomic E-state index is 0.0312. The zero-order valence-corrected chi connectivity index (χ0v) is 15.2. The van der Waals surface area contributed by atoms with Gasteiger partial charge in [-0.25, -0.2) is 5.01 Å². The van der Waals surface area contributed by atoms with Crippen molar-refractivity contribution >= 4 is 50.8 Å². The number of rotatable bonds is 3. The Morgan fingerprint density at radius 3 is 2.83 bits per heavy atom. The van der Waals surface area contributed by atoms with Crippen LogP contribution in [0.15, 0.2) is 52.0 Å². The van der Waals surface area contributed by atoms with Crippen LogP contribution in [0.5, 0.6) is 0 Å². The van der Waals surface area contributed by atoms with E-state index in [0.29, 0.717) is 29.4 Å². The van der Waals surface area contributed by atoms with Gasteiger partial charge in [-0.3, -0.25) is 4.79 Å². The van der Waals surface area contributed by atoms with Gasteiger partial charge < -0.3 is 0 Å². The zero-order chi connectivity index (χ0) is 16.4. The highest BCUT2D eigenvalue weighted by Crippen LogP contribution is 2.25. The number of carbonyl (C=O) groups excluding carboxylic acids is 1. The molecule has 1 aliphatic rings. The summed E-state index contributed by atoms with van der Waals surface area (Å²) in [5, 5.41) is 7.13. The largest absolute Gasteiger partial charge is 0.273 e. The third kappa shape index (κ3) is 3.94. The van der Waals surface area contributed by atoms with Crippen molar-refractivity contribution in [3.8, 4) is 0 Å². The summed E-state index contributed by atoms with van der Waals surface area (Å²) < 4.78 is 0.958. The van der Waals surface area contributed by atoms with Crippen molar-refractivity contribution < 1.29 is 4.79 Å². The van der Waals surface area contributed by atoms with Crippen molar-refractivity contribution in [3.63, 3.8) is 0 Å². The standard InChI is InChI=1S/C17H13BrCl2N2O/c18-12-3-1-2-11(8-12)9-17(23)22-7-6-16(21-22)14-10-13(19)4-5-15(14)20/h1-5,8,10H,6-7,9H2. The fourth-order valence-electron chi connectivity index (χ4n) is 2.46. The smallest absolute Gasteiger partial charge is 0.247 e. The average Bonchev–Trinajstić information content (AvgIpc) is 2.99. The molecule has 23 heavy (non-hydrogen) atoms. The molecule has 3 nitrogen and oxygen atoms in total. The molecule has 0 radical (unpaired) electrons. The van der Waals surface area contributed by atoms with E-state index in [2.05, 4.69) is 21.0 Å². The fraction of sp³-hybridized carbons (Fsp3) is 0.176. The molecule has 1 aliphatic heterocycles. The van der Waals surface area contributed by atoms with Crippen molar-refractivity contribution in [2.45, 2.75) is 12.8 Å². The molecule has 1 heterocycles. The Morgan fingerprint density at radius 1 is 1.22 bits per heavy atom. The molecule has 0 bridgehead atoms. The van der Waals surface area contributed by atoms with Crippen LogP contribution in [-0.2, 0) is 11.2 Å². The van der Waals surface area contributed by atoms with Gasteiger partial charge >= 0.3 is 0 Å². The van der Waals surface area contributed by atoms with Gasteiger partial charge in [0.25, 0.3) is 0 Å². The predicted octanol–water partition coefficient (Wildman–Crippen LogP) is 4.94. The number of amides is 1. The number of hydrogen-bond donors (Lipinski definition) is 0. The molecule has 0 spiro atoms. The van der Waals surface area contributed by atoms with Crippen molar-refractivity contribution in [1.29, 1.82) is 0 Å². The van der Waals surface area contributed by atoms with Crippen molar-refractivity contribution in [3.05, 3.63) is 68.1 Å². The van der Waals surface area contributed by atoms with Crippen LogP contribution in [0.2, 0.25) is 10.0 Å². The zero-order valence-electron chi connectivity index (χ0n) is 12.1. The first kappa shape index (κ1) is 16.5. The second kappa shape index (κ2) is 7.04. The molecule has 0 saturated carbocycles. The Morgan fingerprint density at radius 2 is 2.04 bits per heavy atom. The van der Waals surface area contributed by atoms with E-state index >= 15 is 0 Å². The van der Waals surface area contributed by atoms with Crippen molar-refractivity contribution in [2.24, 2.45) is 5.10 Å². The summed E-state index contributed by atoms with van der Waals surface area (Å²) in [7, 11) is 0. The molecule has 0 N–H and O–H groups in total. The molecular formula is C17H13BrCl2N2O. The lowest BCUT2D eigenvalue weighted by molar-refractivity contribution is -0.130. The Labute approximate surface area is 153 Å².